The summed E-state index contributed by atoms with van der Waals surface area (Å²) in [6.45, 7) is 0.514. The predicted molar refractivity (Wildman–Crippen MR) is 75.0 cm³/mol. The zero-order chi connectivity index (χ0) is 14.7. The van der Waals surface area contributed by atoms with Crippen LogP contribution in [0.25, 0.3) is 0 Å². The van der Waals surface area contributed by atoms with Crippen molar-refractivity contribution in [2.45, 2.75) is 18.9 Å². The smallest absolute Gasteiger partial charge is 0.320 e. The van der Waals surface area contributed by atoms with Gasteiger partial charge in [-0.05, 0) is 37.6 Å². The van der Waals surface area contributed by atoms with E-state index in [1.807, 2.05) is 0 Å². The van der Waals surface area contributed by atoms with Crippen molar-refractivity contribution in [2.75, 3.05) is 18.4 Å². The number of hydrogen-bond acceptors (Lipinski definition) is 3. The van der Waals surface area contributed by atoms with Gasteiger partial charge in [0.1, 0.15) is 11.9 Å². The largest absolute Gasteiger partial charge is 0.480 e. The number of anilines is 1. The summed E-state index contributed by atoms with van der Waals surface area (Å²) in [5.41, 5.74) is 0.0873. The fourth-order valence-corrected chi connectivity index (χ4v) is 2.59. The van der Waals surface area contributed by atoms with Crippen molar-refractivity contribution in [3.8, 4) is 0 Å². The topological polar surface area (TPSA) is 69.6 Å². The van der Waals surface area contributed by atoms with Gasteiger partial charge in [-0.15, -0.1) is 0 Å². The molecule has 1 fully saturated rings. The Hall–Kier alpha value is -1.47. The molecular weight excluding hydrogens is 331 g/mol. The van der Waals surface area contributed by atoms with Gasteiger partial charge in [0.25, 0.3) is 0 Å². The van der Waals surface area contributed by atoms with Crippen LogP contribution in [0.3, 0.4) is 0 Å². The number of nitrogens with one attached hydrogen (secondary N) is 1. The highest BCUT2D eigenvalue weighted by molar-refractivity contribution is 9.10. The third-order valence-electron chi connectivity index (χ3n) is 3.20. The molecule has 0 radical (unpaired) electrons. The second kappa shape index (κ2) is 6.32. The summed E-state index contributed by atoms with van der Waals surface area (Å²) in [6.07, 6.45) is 1.28. The van der Waals surface area contributed by atoms with E-state index in [9.17, 15) is 14.0 Å². The van der Waals surface area contributed by atoms with Gasteiger partial charge in [0.05, 0.1) is 12.2 Å². The van der Waals surface area contributed by atoms with Crippen LogP contribution in [0.2, 0.25) is 0 Å². The zero-order valence-electron chi connectivity index (χ0n) is 10.6. The number of carbonyl (C=O) groups is 2. The molecule has 1 amide bonds. The van der Waals surface area contributed by atoms with Crippen molar-refractivity contribution < 1.29 is 19.1 Å². The summed E-state index contributed by atoms with van der Waals surface area (Å²) >= 11 is 3.13. The van der Waals surface area contributed by atoms with Crippen LogP contribution in [0, 0.1) is 5.82 Å². The molecule has 5 nitrogen and oxygen atoms in total. The van der Waals surface area contributed by atoms with E-state index in [1.54, 1.807) is 11.0 Å². The summed E-state index contributed by atoms with van der Waals surface area (Å²) in [7, 11) is 0. The van der Waals surface area contributed by atoms with Crippen LogP contribution in [0.5, 0.6) is 0 Å². The van der Waals surface area contributed by atoms with Gasteiger partial charge in [0.2, 0.25) is 5.91 Å². The number of likely N-dealkylation sites (tertiary alicyclic amines) is 1. The molecule has 2 rings (SSSR count). The number of amides is 1. The molecule has 108 valence electrons. The Morgan fingerprint density at radius 1 is 1.50 bits per heavy atom. The van der Waals surface area contributed by atoms with Crippen LogP contribution in [0.15, 0.2) is 22.7 Å². The van der Waals surface area contributed by atoms with Crippen LogP contribution < -0.4 is 5.32 Å². The van der Waals surface area contributed by atoms with Crippen LogP contribution in [-0.4, -0.2) is 41.0 Å². The van der Waals surface area contributed by atoms with Crippen molar-refractivity contribution in [3.05, 3.63) is 28.5 Å². The summed E-state index contributed by atoms with van der Waals surface area (Å²) in [4.78, 5) is 24.4. The number of carbonyl (C=O) groups excluding carboxylic acids is 1. The molecule has 1 aliphatic rings. The Morgan fingerprint density at radius 2 is 2.25 bits per heavy atom. The van der Waals surface area contributed by atoms with Gasteiger partial charge < -0.3 is 10.4 Å². The molecule has 0 bridgehead atoms. The maximum atomic E-state index is 13.6. The Bertz CT molecular complexity index is 538. The van der Waals surface area contributed by atoms with Crippen molar-refractivity contribution in [1.29, 1.82) is 0 Å². The second-order valence-corrected chi connectivity index (χ2v) is 5.55. The molecule has 2 N–H and O–H groups in total. The molecule has 1 aromatic carbocycles. The molecule has 7 heteroatoms. The summed E-state index contributed by atoms with van der Waals surface area (Å²) < 4.78 is 14.2. The molecular formula is C13H14BrFN2O3. The number of carboxylic acids is 1. The molecule has 1 heterocycles. The van der Waals surface area contributed by atoms with E-state index >= 15 is 0 Å². The van der Waals surface area contributed by atoms with Gasteiger partial charge in [-0.3, -0.25) is 14.5 Å². The molecule has 1 atom stereocenters. The number of halogens is 2. The number of hydrogen-bond donors (Lipinski definition) is 2. The van der Waals surface area contributed by atoms with E-state index in [4.69, 9.17) is 5.11 Å². The van der Waals surface area contributed by atoms with Crippen LogP contribution in [-0.2, 0) is 9.59 Å². The fourth-order valence-electron chi connectivity index (χ4n) is 2.26. The quantitative estimate of drug-likeness (QED) is 0.877. The van der Waals surface area contributed by atoms with E-state index in [-0.39, 0.29) is 12.2 Å². The van der Waals surface area contributed by atoms with Crippen molar-refractivity contribution in [2.24, 2.45) is 0 Å². The van der Waals surface area contributed by atoms with Crippen LogP contribution >= 0.6 is 15.9 Å². The van der Waals surface area contributed by atoms with Crippen LogP contribution in [0.4, 0.5) is 10.1 Å². The fraction of sp³-hybridized carbons (Fsp3) is 0.385. The van der Waals surface area contributed by atoms with Gasteiger partial charge in [-0.2, -0.15) is 0 Å². The summed E-state index contributed by atoms with van der Waals surface area (Å²) in [5, 5.41) is 11.5. The first-order valence-corrected chi connectivity index (χ1v) is 6.98. The minimum Gasteiger partial charge on any atom is -0.480 e. The van der Waals surface area contributed by atoms with E-state index in [2.05, 4.69) is 21.2 Å². The Morgan fingerprint density at radius 3 is 2.90 bits per heavy atom. The first-order chi connectivity index (χ1) is 9.47. The van der Waals surface area contributed by atoms with Gasteiger partial charge in [0, 0.05) is 4.47 Å². The first-order valence-electron chi connectivity index (χ1n) is 6.19. The van der Waals surface area contributed by atoms with Gasteiger partial charge in [0.15, 0.2) is 0 Å². The van der Waals surface area contributed by atoms with Gasteiger partial charge in [-0.25, -0.2) is 4.39 Å². The molecule has 0 unspecified atom stereocenters. The Balaban J connectivity index is 1.97. The zero-order valence-corrected chi connectivity index (χ0v) is 12.2. The molecule has 1 aromatic rings. The van der Waals surface area contributed by atoms with Gasteiger partial charge >= 0.3 is 5.97 Å². The lowest BCUT2D eigenvalue weighted by atomic mass is 10.2. The van der Waals surface area contributed by atoms with Crippen molar-refractivity contribution >= 4 is 33.5 Å². The highest BCUT2D eigenvalue weighted by atomic mass is 79.9. The van der Waals surface area contributed by atoms with E-state index in [1.165, 1.54) is 12.1 Å². The Labute approximate surface area is 123 Å². The minimum absolute atomic E-state index is 0.0491. The van der Waals surface area contributed by atoms with Crippen molar-refractivity contribution in [1.82, 2.24) is 4.90 Å². The molecule has 0 spiro atoms. The lowest BCUT2D eigenvalue weighted by Crippen LogP contribution is -2.41. The normalized spacial score (nSPS) is 19.0. The number of aliphatic carboxylic acids is 1. The van der Waals surface area contributed by atoms with Crippen molar-refractivity contribution in [3.63, 3.8) is 0 Å². The highest BCUT2D eigenvalue weighted by Crippen LogP contribution is 2.20. The highest BCUT2D eigenvalue weighted by Gasteiger charge is 2.31. The minimum atomic E-state index is -0.926. The molecule has 0 aliphatic carbocycles. The van der Waals surface area contributed by atoms with E-state index < -0.39 is 23.7 Å². The lowest BCUT2D eigenvalue weighted by Gasteiger charge is -2.20. The predicted octanol–water partition coefficient (Wildman–Crippen LogP) is 2.08. The SMILES string of the molecule is O=C(CN1CCC[C@H]1C(=O)O)Nc1ccc(Br)cc1F. The van der Waals surface area contributed by atoms with E-state index in [0.717, 1.165) is 6.42 Å². The third-order valence-corrected chi connectivity index (χ3v) is 3.69. The molecule has 1 saturated heterocycles. The van der Waals surface area contributed by atoms with E-state index in [0.29, 0.717) is 17.4 Å². The van der Waals surface area contributed by atoms with Crippen LogP contribution in [0.1, 0.15) is 12.8 Å². The molecule has 0 saturated carbocycles. The lowest BCUT2D eigenvalue weighted by molar-refractivity contribution is -0.142. The first kappa shape index (κ1) is 14.9. The van der Waals surface area contributed by atoms with Gasteiger partial charge in [-0.1, -0.05) is 15.9 Å². The molecule has 0 aromatic heterocycles. The monoisotopic (exact) mass is 344 g/mol. The number of nitrogens with zero attached hydrogens (tertiary/aromatic N) is 1. The maximum absolute atomic E-state index is 13.6. The Kier molecular flexibility index (Phi) is 4.72. The maximum Gasteiger partial charge on any atom is 0.320 e. The summed E-state index contributed by atoms with van der Waals surface area (Å²) in [5.74, 6) is -1.88. The molecule has 20 heavy (non-hydrogen) atoms. The standard InChI is InChI=1S/C13H14BrFN2O3/c14-8-3-4-10(9(15)6-8)16-12(18)7-17-5-1-2-11(17)13(19)20/h3-4,6,11H,1-2,5,7H2,(H,16,18)(H,19,20)/t11-/m0/s1. The number of carboxylic acid groups (broad SMARTS) is 1. The number of rotatable bonds is 4. The molecule has 1 aliphatic heterocycles. The summed E-state index contributed by atoms with van der Waals surface area (Å²) in [6, 6.07) is 3.70. The average Bonchev–Trinajstić information content (AvgIpc) is 2.81. The average molecular weight is 345 g/mol. The third kappa shape index (κ3) is 3.55. The second-order valence-electron chi connectivity index (χ2n) is 4.64. The number of benzene rings is 1.